The second-order valence-electron chi connectivity index (χ2n) is 11.4. The predicted octanol–water partition coefficient (Wildman–Crippen LogP) is 3.10. The number of nitrogens with zero attached hydrogens (tertiary/aromatic N) is 5. The Kier molecular flexibility index (Phi) is 6.38. The number of aliphatic hydroxyl groups excluding tert-OH is 1. The Balaban J connectivity index is 1.07. The van der Waals surface area contributed by atoms with E-state index in [2.05, 4.69) is 70.3 Å². The molecule has 1 N–H and O–H groups in total. The first-order valence-electron chi connectivity index (χ1n) is 13.8. The van der Waals surface area contributed by atoms with E-state index >= 15 is 0 Å². The van der Waals surface area contributed by atoms with Gasteiger partial charge in [0.15, 0.2) is 0 Å². The zero-order valence-electron chi connectivity index (χ0n) is 21.6. The fourth-order valence-electron chi connectivity index (χ4n) is 6.49. The molecule has 1 amide bonds. The molecule has 5 aliphatic rings. The smallest absolute Gasteiger partial charge is 0.226 e. The van der Waals surface area contributed by atoms with E-state index in [0.717, 1.165) is 32.6 Å². The van der Waals surface area contributed by atoms with Gasteiger partial charge in [-0.2, -0.15) is 5.10 Å². The highest BCUT2D eigenvalue weighted by molar-refractivity contribution is 5.80. The van der Waals surface area contributed by atoms with E-state index in [0.29, 0.717) is 24.8 Å². The quantitative estimate of drug-likeness (QED) is 0.689. The average Bonchev–Trinajstić information content (AvgIpc) is 3.54. The summed E-state index contributed by atoms with van der Waals surface area (Å²) in [6.07, 6.45) is 9.45. The van der Waals surface area contributed by atoms with Gasteiger partial charge >= 0.3 is 0 Å². The van der Waals surface area contributed by atoms with Crippen LogP contribution in [-0.2, 0) is 4.79 Å². The van der Waals surface area contributed by atoms with E-state index in [1.807, 2.05) is 11.1 Å². The van der Waals surface area contributed by atoms with Crippen molar-refractivity contribution in [2.75, 3.05) is 39.3 Å². The van der Waals surface area contributed by atoms with Crippen molar-refractivity contribution < 1.29 is 9.90 Å². The highest BCUT2D eigenvalue weighted by Gasteiger charge is 2.38. The van der Waals surface area contributed by atoms with E-state index in [9.17, 15) is 9.90 Å². The maximum Gasteiger partial charge on any atom is 0.226 e. The molecule has 4 heterocycles. The fourth-order valence-corrected chi connectivity index (χ4v) is 6.49. The van der Waals surface area contributed by atoms with Gasteiger partial charge in [0.1, 0.15) is 0 Å². The summed E-state index contributed by atoms with van der Waals surface area (Å²) in [6.45, 7) is 10.2. The van der Waals surface area contributed by atoms with E-state index in [1.165, 1.54) is 41.9 Å². The number of rotatable bonds is 5. The SMILES string of the molecule is CC(C)N1CC[C@H](c2ccc(C3=CN4N=CC=C(N5CCN(C(=O)[C@H]6C[C@H](O)C6)CC5)C4C3)cc2)C1. The summed E-state index contributed by atoms with van der Waals surface area (Å²) in [5.74, 6) is 0.895. The number of hydrazone groups is 1. The Morgan fingerprint density at radius 3 is 2.47 bits per heavy atom. The van der Waals surface area contributed by atoms with Gasteiger partial charge in [-0.15, -0.1) is 0 Å². The van der Waals surface area contributed by atoms with Crippen LogP contribution in [0, 0.1) is 5.92 Å². The van der Waals surface area contributed by atoms with Crippen molar-refractivity contribution in [1.82, 2.24) is 19.7 Å². The standard InChI is InChI=1S/C29H39N5O2/c1-20(2)33-10-8-23(18-33)21-3-5-22(6-4-21)25-17-28-27(7-9-30-34(28)19-25)31-11-13-32(14-12-31)29(36)24-15-26(35)16-24/h3-7,9,19-20,23-24,26,28,35H,8,10-18H2,1-2H3/t23-,24-,26-,28?/m0/s1. The molecule has 4 aliphatic heterocycles. The molecule has 36 heavy (non-hydrogen) atoms. The molecule has 1 unspecified atom stereocenters. The van der Waals surface area contributed by atoms with Gasteiger partial charge in [-0.3, -0.25) is 9.80 Å². The van der Waals surface area contributed by atoms with E-state index in [1.54, 1.807) is 0 Å². The van der Waals surface area contributed by atoms with Gasteiger partial charge < -0.3 is 19.8 Å². The monoisotopic (exact) mass is 489 g/mol. The van der Waals surface area contributed by atoms with Crippen molar-refractivity contribution in [3.63, 3.8) is 0 Å². The van der Waals surface area contributed by atoms with Crippen LogP contribution in [0.25, 0.3) is 5.57 Å². The normalized spacial score (nSPS) is 30.4. The van der Waals surface area contributed by atoms with Crippen molar-refractivity contribution in [3.05, 3.63) is 53.4 Å². The van der Waals surface area contributed by atoms with Crippen LogP contribution < -0.4 is 0 Å². The lowest BCUT2D eigenvalue weighted by molar-refractivity contribution is -0.143. The van der Waals surface area contributed by atoms with Crippen molar-refractivity contribution >= 4 is 17.7 Å². The fraction of sp³-hybridized carbons (Fsp3) is 0.586. The lowest BCUT2D eigenvalue weighted by Gasteiger charge is -2.43. The number of aliphatic hydroxyl groups is 1. The number of hydrogen-bond donors (Lipinski definition) is 1. The van der Waals surface area contributed by atoms with Crippen molar-refractivity contribution in [2.24, 2.45) is 11.0 Å². The molecule has 1 aromatic rings. The molecule has 0 spiro atoms. The van der Waals surface area contributed by atoms with Crippen LogP contribution in [0.4, 0.5) is 0 Å². The summed E-state index contributed by atoms with van der Waals surface area (Å²) in [4.78, 5) is 19.7. The number of piperazine rings is 1. The Morgan fingerprint density at radius 1 is 1.06 bits per heavy atom. The minimum Gasteiger partial charge on any atom is -0.393 e. The maximum atomic E-state index is 12.7. The van der Waals surface area contributed by atoms with Crippen LogP contribution in [-0.4, -0.2) is 94.4 Å². The molecule has 1 aliphatic carbocycles. The molecule has 1 saturated carbocycles. The van der Waals surface area contributed by atoms with Crippen molar-refractivity contribution in [2.45, 2.75) is 63.6 Å². The second kappa shape index (κ2) is 9.67. The minimum absolute atomic E-state index is 0.0267. The van der Waals surface area contributed by atoms with Gasteiger partial charge in [0.25, 0.3) is 0 Å². The van der Waals surface area contributed by atoms with Crippen molar-refractivity contribution in [1.29, 1.82) is 0 Å². The van der Waals surface area contributed by atoms with E-state index in [4.69, 9.17) is 0 Å². The third-order valence-electron chi connectivity index (χ3n) is 8.93. The number of carbonyl (C=O) groups is 1. The number of hydrogen-bond acceptors (Lipinski definition) is 6. The third kappa shape index (κ3) is 4.48. The van der Waals surface area contributed by atoms with Gasteiger partial charge in [-0.05, 0) is 68.3 Å². The summed E-state index contributed by atoms with van der Waals surface area (Å²) in [6, 6.07) is 10.1. The van der Waals surface area contributed by atoms with Gasteiger partial charge in [-0.25, -0.2) is 0 Å². The molecule has 0 bridgehead atoms. The van der Waals surface area contributed by atoms with Crippen LogP contribution in [0.15, 0.2) is 47.3 Å². The number of likely N-dealkylation sites (tertiary alicyclic amines) is 1. The number of carbonyl (C=O) groups excluding carboxylic acids is 1. The van der Waals surface area contributed by atoms with Gasteiger partial charge in [0, 0.05) is 69.2 Å². The predicted molar refractivity (Wildman–Crippen MR) is 142 cm³/mol. The minimum atomic E-state index is -0.281. The highest BCUT2D eigenvalue weighted by Crippen LogP contribution is 2.37. The molecular weight excluding hydrogens is 450 g/mol. The largest absolute Gasteiger partial charge is 0.393 e. The van der Waals surface area contributed by atoms with E-state index < -0.39 is 0 Å². The molecular formula is C29H39N5O2. The average molecular weight is 490 g/mol. The van der Waals surface area contributed by atoms with Crippen LogP contribution in [0.1, 0.15) is 56.6 Å². The Hall–Kier alpha value is -2.64. The Bertz CT molecular complexity index is 1060. The van der Waals surface area contributed by atoms with Gasteiger partial charge in [0.2, 0.25) is 5.91 Å². The number of allylic oxidation sites excluding steroid dienone is 1. The molecule has 2 saturated heterocycles. The summed E-state index contributed by atoms with van der Waals surface area (Å²) in [5.41, 5.74) is 5.39. The topological polar surface area (TPSA) is 62.6 Å². The van der Waals surface area contributed by atoms with Crippen LogP contribution in [0.5, 0.6) is 0 Å². The van der Waals surface area contributed by atoms with Crippen LogP contribution in [0.2, 0.25) is 0 Å². The first-order valence-corrected chi connectivity index (χ1v) is 13.8. The van der Waals surface area contributed by atoms with Crippen LogP contribution in [0.3, 0.4) is 0 Å². The number of amides is 1. The molecule has 3 fully saturated rings. The Labute approximate surface area is 214 Å². The molecule has 0 aromatic heterocycles. The lowest BCUT2D eigenvalue weighted by atomic mass is 9.81. The molecule has 2 atom stereocenters. The van der Waals surface area contributed by atoms with Gasteiger partial charge in [0.05, 0.1) is 12.1 Å². The second-order valence-corrected chi connectivity index (χ2v) is 11.4. The molecule has 192 valence electrons. The molecule has 6 rings (SSSR count). The zero-order valence-corrected chi connectivity index (χ0v) is 21.6. The lowest BCUT2D eigenvalue weighted by Crippen LogP contribution is -2.53. The summed E-state index contributed by atoms with van der Waals surface area (Å²) >= 11 is 0. The van der Waals surface area contributed by atoms with E-state index in [-0.39, 0.29) is 24.0 Å². The molecule has 0 radical (unpaired) electrons. The third-order valence-corrected chi connectivity index (χ3v) is 8.93. The summed E-state index contributed by atoms with van der Waals surface area (Å²) in [7, 11) is 0. The number of benzene rings is 1. The molecule has 7 nitrogen and oxygen atoms in total. The highest BCUT2D eigenvalue weighted by atomic mass is 16.3. The number of fused-ring (bicyclic) bond motifs is 1. The zero-order chi connectivity index (χ0) is 24.8. The summed E-state index contributed by atoms with van der Waals surface area (Å²) < 4.78 is 0. The molecule has 7 heteroatoms. The maximum absolute atomic E-state index is 12.7. The van der Waals surface area contributed by atoms with Crippen molar-refractivity contribution in [3.8, 4) is 0 Å². The summed E-state index contributed by atoms with van der Waals surface area (Å²) in [5, 5.41) is 16.3. The van der Waals surface area contributed by atoms with Gasteiger partial charge in [-0.1, -0.05) is 24.3 Å². The van der Waals surface area contributed by atoms with Crippen LogP contribution >= 0.6 is 0 Å². The first kappa shape index (κ1) is 23.7. The molecule has 1 aromatic carbocycles. The Morgan fingerprint density at radius 2 is 1.81 bits per heavy atom. The first-order chi connectivity index (χ1) is 17.5.